The number of carboxylic acid groups (broad SMARTS) is 1. The molecule has 0 bridgehead atoms. The number of ether oxygens (including phenoxy) is 1. The van der Waals surface area contributed by atoms with Gasteiger partial charge in [-0.1, -0.05) is 37.3 Å². The van der Waals surface area contributed by atoms with Gasteiger partial charge in [0.15, 0.2) is 0 Å². The fourth-order valence-corrected chi connectivity index (χ4v) is 3.04. The zero-order valence-corrected chi connectivity index (χ0v) is 13.1. The van der Waals surface area contributed by atoms with Crippen molar-refractivity contribution >= 4 is 11.9 Å². The van der Waals surface area contributed by atoms with E-state index in [1.807, 2.05) is 30.3 Å². The van der Waals surface area contributed by atoms with E-state index in [1.54, 1.807) is 18.9 Å². The van der Waals surface area contributed by atoms with Crippen molar-refractivity contribution in [2.24, 2.45) is 5.92 Å². The van der Waals surface area contributed by atoms with Gasteiger partial charge in [0, 0.05) is 26.8 Å². The molecule has 1 atom stereocenters. The maximum Gasteiger partial charge on any atom is 0.308 e. The van der Waals surface area contributed by atoms with Crippen LogP contribution in [0.1, 0.15) is 25.3 Å². The lowest BCUT2D eigenvalue weighted by molar-refractivity contribution is -0.145. The molecule has 1 fully saturated rings. The quantitative estimate of drug-likeness (QED) is 0.902. The minimum atomic E-state index is -0.889. The summed E-state index contributed by atoms with van der Waals surface area (Å²) >= 11 is 0. The molecular weight excluding hydrogens is 282 g/mol. The van der Waals surface area contributed by atoms with Crippen LogP contribution < -0.4 is 0 Å². The van der Waals surface area contributed by atoms with Crippen LogP contribution in [0.4, 0.5) is 0 Å². The second-order valence-electron chi connectivity index (χ2n) is 5.99. The lowest BCUT2D eigenvalue weighted by atomic mass is 9.73. The molecule has 0 saturated carbocycles. The molecule has 5 heteroatoms. The maximum atomic E-state index is 13.1. The highest BCUT2D eigenvalue weighted by atomic mass is 16.5. The Labute approximate surface area is 130 Å². The van der Waals surface area contributed by atoms with Crippen LogP contribution in [0.3, 0.4) is 0 Å². The smallest absolute Gasteiger partial charge is 0.308 e. The molecule has 1 aliphatic rings. The van der Waals surface area contributed by atoms with E-state index >= 15 is 0 Å². The lowest BCUT2D eigenvalue weighted by Crippen LogP contribution is -2.50. The maximum absolute atomic E-state index is 13.1. The minimum Gasteiger partial charge on any atom is -0.481 e. The molecule has 1 saturated heterocycles. The third-order valence-electron chi connectivity index (χ3n) is 4.40. The molecule has 0 aromatic heterocycles. The monoisotopic (exact) mass is 305 g/mol. The molecule has 120 valence electrons. The number of hydrogen-bond acceptors (Lipinski definition) is 3. The first-order chi connectivity index (χ1) is 10.5. The molecule has 1 aromatic rings. The van der Waals surface area contributed by atoms with Crippen LogP contribution in [0.5, 0.6) is 0 Å². The number of carbonyl (C=O) groups excluding carboxylic acids is 1. The Bertz CT molecular complexity index is 523. The van der Waals surface area contributed by atoms with Gasteiger partial charge in [0.1, 0.15) is 0 Å². The molecule has 1 aliphatic heterocycles. The standard InChI is InChI=1S/C17H23NO4/c1-13(15(19)20)12-18(2)16(21)17(8-10-22-11-9-17)14-6-4-3-5-7-14/h3-7,13H,8-12H2,1-2H3,(H,19,20). The van der Waals surface area contributed by atoms with Gasteiger partial charge in [0.2, 0.25) is 5.91 Å². The van der Waals surface area contributed by atoms with Crippen LogP contribution in [0.2, 0.25) is 0 Å². The van der Waals surface area contributed by atoms with Gasteiger partial charge >= 0.3 is 5.97 Å². The van der Waals surface area contributed by atoms with Gasteiger partial charge in [-0.2, -0.15) is 0 Å². The average molecular weight is 305 g/mol. The molecule has 1 unspecified atom stereocenters. The predicted octanol–water partition coefficient (Wildman–Crippen LogP) is 1.91. The highest BCUT2D eigenvalue weighted by molar-refractivity contribution is 5.88. The van der Waals surface area contributed by atoms with Gasteiger partial charge < -0.3 is 14.7 Å². The van der Waals surface area contributed by atoms with Gasteiger partial charge in [-0.3, -0.25) is 9.59 Å². The van der Waals surface area contributed by atoms with Crippen LogP contribution in [0.15, 0.2) is 30.3 Å². The first kappa shape index (κ1) is 16.5. The summed E-state index contributed by atoms with van der Waals surface area (Å²) in [5.74, 6) is -1.49. The number of benzene rings is 1. The fraction of sp³-hybridized carbons (Fsp3) is 0.529. The third-order valence-corrected chi connectivity index (χ3v) is 4.40. The number of likely N-dealkylation sites (N-methyl/N-ethyl adjacent to an activating group) is 1. The van der Waals surface area contributed by atoms with Crippen molar-refractivity contribution in [3.05, 3.63) is 35.9 Å². The van der Waals surface area contributed by atoms with E-state index in [9.17, 15) is 9.59 Å². The average Bonchev–Trinajstić information content (AvgIpc) is 2.55. The van der Waals surface area contributed by atoms with Crippen molar-refractivity contribution in [2.75, 3.05) is 26.8 Å². The largest absolute Gasteiger partial charge is 0.481 e. The number of aliphatic carboxylic acids is 1. The number of rotatable bonds is 5. The first-order valence-electron chi connectivity index (χ1n) is 7.59. The summed E-state index contributed by atoms with van der Waals surface area (Å²) in [4.78, 5) is 25.6. The van der Waals surface area contributed by atoms with Gasteiger partial charge in [-0.25, -0.2) is 0 Å². The Morgan fingerprint density at radius 3 is 2.41 bits per heavy atom. The van der Waals surface area contributed by atoms with E-state index in [4.69, 9.17) is 9.84 Å². The zero-order chi connectivity index (χ0) is 16.2. The molecule has 0 radical (unpaired) electrons. The fourth-order valence-electron chi connectivity index (χ4n) is 3.04. The van der Waals surface area contributed by atoms with Crippen molar-refractivity contribution in [1.82, 2.24) is 4.90 Å². The number of amides is 1. The second-order valence-corrected chi connectivity index (χ2v) is 5.99. The summed E-state index contributed by atoms with van der Waals surface area (Å²) < 4.78 is 5.43. The first-order valence-corrected chi connectivity index (χ1v) is 7.59. The van der Waals surface area contributed by atoms with E-state index in [-0.39, 0.29) is 12.5 Å². The molecular formula is C17H23NO4. The Balaban J connectivity index is 2.26. The minimum absolute atomic E-state index is 0.0184. The highest BCUT2D eigenvalue weighted by Crippen LogP contribution is 2.36. The Kier molecular flexibility index (Phi) is 5.19. The molecule has 2 rings (SSSR count). The van der Waals surface area contributed by atoms with Gasteiger partial charge in [-0.05, 0) is 18.4 Å². The number of carboxylic acids is 1. The van der Waals surface area contributed by atoms with E-state index in [2.05, 4.69) is 0 Å². The van der Waals surface area contributed by atoms with Crippen LogP contribution in [-0.2, 0) is 19.7 Å². The molecule has 1 N–H and O–H groups in total. The Morgan fingerprint density at radius 1 is 1.27 bits per heavy atom. The second kappa shape index (κ2) is 6.92. The molecule has 1 amide bonds. The van der Waals surface area contributed by atoms with Gasteiger partial charge in [0.05, 0.1) is 11.3 Å². The van der Waals surface area contributed by atoms with E-state index in [0.717, 1.165) is 5.56 Å². The molecule has 22 heavy (non-hydrogen) atoms. The van der Waals surface area contributed by atoms with Crippen LogP contribution in [-0.4, -0.2) is 48.7 Å². The van der Waals surface area contributed by atoms with Crippen molar-refractivity contribution in [3.8, 4) is 0 Å². The highest BCUT2D eigenvalue weighted by Gasteiger charge is 2.43. The summed E-state index contributed by atoms with van der Waals surface area (Å²) in [5.41, 5.74) is 0.380. The molecule has 0 aliphatic carbocycles. The van der Waals surface area contributed by atoms with E-state index in [1.165, 1.54) is 0 Å². The number of hydrogen-bond donors (Lipinski definition) is 1. The number of carbonyl (C=O) groups is 2. The topological polar surface area (TPSA) is 66.8 Å². The van der Waals surface area contributed by atoms with Gasteiger partial charge in [-0.15, -0.1) is 0 Å². The summed E-state index contributed by atoms with van der Waals surface area (Å²) in [6, 6.07) is 9.73. The summed E-state index contributed by atoms with van der Waals surface area (Å²) in [5, 5.41) is 9.05. The summed E-state index contributed by atoms with van der Waals surface area (Å²) in [6.45, 7) is 2.92. The zero-order valence-electron chi connectivity index (χ0n) is 13.1. The van der Waals surface area contributed by atoms with Crippen LogP contribution >= 0.6 is 0 Å². The van der Waals surface area contributed by atoms with Crippen LogP contribution in [0.25, 0.3) is 0 Å². The summed E-state index contributed by atoms with van der Waals surface area (Å²) in [7, 11) is 1.68. The molecule has 1 heterocycles. The number of nitrogens with zero attached hydrogens (tertiary/aromatic N) is 1. The third kappa shape index (κ3) is 3.30. The Hall–Kier alpha value is -1.88. The summed E-state index contributed by atoms with van der Waals surface area (Å²) in [6.07, 6.45) is 1.25. The van der Waals surface area contributed by atoms with E-state index in [0.29, 0.717) is 26.1 Å². The Morgan fingerprint density at radius 2 is 1.86 bits per heavy atom. The normalized spacial score (nSPS) is 18.5. The van der Waals surface area contributed by atoms with Crippen molar-refractivity contribution < 1.29 is 19.4 Å². The van der Waals surface area contributed by atoms with Crippen molar-refractivity contribution in [1.29, 1.82) is 0 Å². The van der Waals surface area contributed by atoms with Crippen molar-refractivity contribution in [3.63, 3.8) is 0 Å². The van der Waals surface area contributed by atoms with Gasteiger partial charge in [0.25, 0.3) is 0 Å². The SMILES string of the molecule is CC(CN(C)C(=O)C1(c2ccccc2)CCOCC1)C(=O)O. The lowest BCUT2D eigenvalue weighted by Gasteiger charge is -2.39. The molecule has 0 spiro atoms. The predicted molar refractivity (Wildman–Crippen MR) is 82.6 cm³/mol. The molecule has 1 aromatic carbocycles. The molecule has 5 nitrogen and oxygen atoms in total. The van der Waals surface area contributed by atoms with E-state index < -0.39 is 17.3 Å². The van der Waals surface area contributed by atoms with Crippen LogP contribution in [0, 0.1) is 5.92 Å². The van der Waals surface area contributed by atoms with Crippen molar-refractivity contribution in [2.45, 2.75) is 25.2 Å².